The number of nitrogens with one attached hydrogen (secondary N) is 1. The predicted octanol–water partition coefficient (Wildman–Crippen LogP) is 3.64. The Morgan fingerprint density at radius 1 is 1.15 bits per heavy atom. The molecule has 0 heterocycles. The topological polar surface area (TPSA) is 88.4 Å². The molecule has 0 unspecified atom stereocenters. The molecule has 0 spiro atoms. The van der Waals surface area contributed by atoms with Crippen molar-refractivity contribution in [2.45, 2.75) is 19.4 Å². The Morgan fingerprint density at radius 3 is 2.41 bits per heavy atom. The molecule has 0 fully saturated rings. The van der Waals surface area contributed by atoms with Crippen LogP contribution in [0.3, 0.4) is 0 Å². The lowest BCUT2D eigenvalue weighted by Crippen LogP contribution is -2.30. The van der Waals surface area contributed by atoms with E-state index in [0.717, 1.165) is 24.3 Å². The minimum atomic E-state index is -4.84. The number of carbonyl (C=O) groups is 2. The molecule has 2 aromatic carbocycles. The molecule has 27 heavy (non-hydrogen) atoms. The smallest absolute Gasteiger partial charge is 0.449 e. The molecule has 2 aromatic rings. The number of nitrogens with zero attached hydrogens (tertiary/aromatic N) is 1. The summed E-state index contributed by atoms with van der Waals surface area (Å²) >= 11 is 0. The summed E-state index contributed by atoms with van der Waals surface area (Å²) < 4.78 is 45.0. The van der Waals surface area contributed by atoms with Crippen molar-refractivity contribution >= 4 is 17.6 Å². The van der Waals surface area contributed by atoms with Gasteiger partial charge < -0.3 is 14.8 Å². The van der Waals surface area contributed by atoms with Crippen molar-refractivity contribution < 1.29 is 32.2 Å². The third-order valence-electron chi connectivity index (χ3n) is 3.24. The van der Waals surface area contributed by atoms with Crippen molar-refractivity contribution in [2.75, 3.05) is 5.32 Å². The second-order valence-electron chi connectivity index (χ2n) is 5.30. The predicted molar refractivity (Wildman–Crippen MR) is 87.8 cm³/mol. The van der Waals surface area contributed by atoms with Crippen LogP contribution in [0.4, 0.5) is 18.9 Å². The van der Waals surface area contributed by atoms with Gasteiger partial charge in [-0.2, -0.15) is 5.26 Å². The lowest BCUT2D eigenvalue weighted by Gasteiger charge is -2.14. The van der Waals surface area contributed by atoms with Crippen LogP contribution < -0.4 is 10.1 Å². The van der Waals surface area contributed by atoms with Crippen LogP contribution in [0.15, 0.2) is 48.5 Å². The largest absolute Gasteiger partial charge is 0.573 e. The van der Waals surface area contributed by atoms with E-state index in [1.54, 1.807) is 18.2 Å². The van der Waals surface area contributed by atoms with Crippen LogP contribution in [-0.4, -0.2) is 24.3 Å². The maximum atomic E-state index is 12.1. The van der Waals surface area contributed by atoms with Crippen LogP contribution in [0.5, 0.6) is 5.75 Å². The van der Waals surface area contributed by atoms with E-state index < -0.39 is 30.1 Å². The van der Waals surface area contributed by atoms with Gasteiger partial charge >= 0.3 is 12.3 Å². The Hall–Kier alpha value is -3.54. The third kappa shape index (κ3) is 6.04. The standard InChI is InChI=1S/C18H13F3N2O4/c1-11(16(24)23-14-4-2-3-12(9-14)10-22)26-17(25)13-5-7-15(8-6-13)27-18(19,20)21/h2-9,11H,1H3,(H,23,24)/t11-/m1/s1. The van der Waals surface area contributed by atoms with Crippen molar-refractivity contribution in [2.24, 2.45) is 0 Å². The molecule has 140 valence electrons. The number of nitriles is 1. The number of carbonyl (C=O) groups excluding carboxylic acids is 2. The van der Waals surface area contributed by atoms with Gasteiger partial charge in [0, 0.05) is 5.69 Å². The number of hydrogen-bond donors (Lipinski definition) is 1. The van der Waals surface area contributed by atoms with Gasteiger partial charge in [0.25, 0.3) is 5.91 Å². The molecule has 1 atom stereocenters. The lowest BCUT2D eigenvalue weighted by molar-refractivity contribution is -0.274. The van der Waals surface area contributed by atoms with E-state index in [0.29, 0.717) is 11.3 Å². The first-order valence-corrected chi connectivity index (χ1v) is 7.56. The molecule has 2 rings (SSSR count). The van der Waals surface area contributed by atoms with Crippen LogP contribution in [0.25, 0.3) is 0 Å². The van der Waals surface area contributed by atoms with Crippen molar-refractivity contribution in [1.82, 2.24) is 0 Å². The molecule has 1 N–H and O–H groups in total. The molecular weight excluding hydrogens is 365 g/mol. The highest BCUT2D eigenvalue weighted by Gasteiger charge is 2.31. The van der Waals surface area contributed by atoms with Crippen molar-refractivity contribution in [1.29, 1.82) is 5.26 Å². The van der Waals surface area contributed by atoms with Gasteiger partial charge in [-0.3, -0.25) is 4.79 Å². The van der Waals surface area contributed by atoms with E-state index in [-0.39, 0.29) is 5.56 Å². The molecule has 0 aliphatic carbocycles. The minimum Gasteiger partial charge on any atom is -0.449 e. The Balaban J connectivity index is 1.96. The third-order valence-corrected chi connectivity index (χ3v) is 3.24. The zero-order valence-electron chi connectivity index (χ0n) is 13.9. The molecule has 0 saturated heterocycles. The van der Waals surface area contributed by atoms with Gasteiger partial charge in [-0.15, -0.1) is 13.2 Å². The van der Waals surface area contributed by atoms with Gasteiger partial charge in [0.05, 0.1) is 17.2 Å². The zero-order valence-corrected chi connectivity index (χ0v) is 13.9. The zero-order chi connectivity index (χ0) is 20.0. The summed E-state index contributed by atoms with van der Waals surface area (Å²) in [5.74, 6) is -2.00. The normalized spacial score (nSPS) is 11.8. The molecule has 0 aliphatic heterocycles. The summed E-state index contributed by atoms with van der Waals surface area (Å²) in [6.07, 6.45) is -6.01. The number of anilines is 1. The summed E-state index contributed by atoms with van der Waals surface area (Å²) in [7, 11) is 0. The summed E-state index contributed by atoms with van der Waals surface area (Å²) in [6.45, 7) is 1.34. The number of halogens is 3. The van der Waals surface area contributed by atoms with Crippen LogP contribution in [0.2, 0.25) is 0 Å². The highest BCUT2D eigenvalue weighted by Crippen LogP contribution is 2.23. The van der Waals surface area contributed by atoms with Crippen molar-refractivity contribution in [3.63, 3.8) is 0 Å². The van der Waals surface area contributed by atoms with Crippen molar-refractivity contribution in [3.8, 4) is 11.8 Å². The van der Waals surface area contributed by atoms with Gasteiger partial charge in [-0.05, 0) is 49.4 Å². The number of amides is 1. The van der Waals surface area contributed by atoms with E-state index in [9.17, 15) is 22.8 Å². The molecule has 0 aliphatic rings. The fraction of sp³-hybridized carbons (Fsp3) is 0.167. The first-order chi connectivity index (χ1) is 12.7. The highest BCUT2D eigenvalue weighted by atomic mass is 19.4. The van der Waals surface area contributed by atoms with Gasteiger partial charge in [0.2, 0.25) is 0 Å². The molecule has 0 saturated carbocycles. The number of esters is 1. The first-order valence-electron chi connectivity index (χ1n) is 7.56. The van der Waals surface area contributed by atoms with E-state index in [1.165, 1.54) is 13.0 Å². The Morgan fingerprint density at radius 2 is 1.81 bits per heavy atom. The van der Waals surface area contributed by atoms with Gasteiger partial charge in [0.1, 0.15) is 5.75 Å². The average Bonchev–Trinajstić information content (AvgIpc) is 2.61. The molecule has 6 nitrogen and oxygen atoms in total. The SMILES string of the molecule is C[C@@H](OC(=O)c1ccc(OC(F)(F)F)cc1)C(=O)Nc1cccc(C#N)c1. The lowest BCUT2D eigenvalue weighted by atomic mass is 10.2. The summed E-state index contributed by atoms with van der Waals surface area (Å²) in [5.41, 5.74) is 0.657. The molecule has 0 radical (unpaired) electrons. The fourth-order valence-corrected chi connectivity index (χ4v) is 1.99. The van der Waals surface area contributed by atoms with Crippen LogP contribution in [0, 0.1) is 11.3 Å². The second-order valence-corrected chi connectivity index (χ2v) is 5.30. The number of benzene rings is 2. The molecule has 9 heteroatoms. The van der Waals surface area contributed by atoms with Gasteiger partial charge in [-0.1, -0.05) is 6.07 Å². The Bertz CT molecular complexity index is 873. The van der Waals surface area contributed by atoms with E-state index in [1.807, 2.05) is 6.07 Å². The maximum absolute atomic E-state index is 12.1. The van der Waals surface area contributed by atoms with Crippen LogP contribution >= 0.6 is 0 Å². The molecule has 0 aromatic heterocycles. The molecular formula is C18H13F3N2O4. The fourth-order valence-electron chi connectivity index (χ4n) is 1.99. The van der Waals surface area contributed by atoms with E-state index >= 15 is 0 Å². The maximum Gasteiger partial charge on any atom is 0.573 e. The van der Waals surface area contributed by atoms with Crippen molar-refractivity contribution in [3.05, 3.63) is 59.7 Å². The Labute approximate surface area is 152 Å². The quantitative estimate of drug-likeness (QED) is 0.803. The molecule has 1 amide bonds. The van der Waals surface area contributed by atoms with Gasteiger partial charge in [-0.25, -0.2) is 4.79 Å². The van der Waals surface area contributed by atoms with Crippen LogP contribution in [-0.2, 0) is 9.53 Å². The summed E-state index contributed by atoms with van der Waals surface area (Å²) in [5, 5.41) is 11.3. The first kappa shape index (κ1) is 19.8. The van der Waals surface area contributed by atoms with Gasteiger partial charge in [0.15, 0.2) is 6.10 Å². The monoisotopic (exact) mass is 378 g/mol. The number of alkyl halides is 3. The number of hydrogen-bond acceptors (Lipinski definition) is 5. The summed E-state index contributed by atoms with van der Waals surface area (Å²) in [4.78, 5) is 24.1. The highest BCUT2D eigenvalue weighted by molar-refractivity contribution is 5.97. The van der Waals surface area contributed by atoms with E-state index in [2.05, 4.69) is 10.1 Å². The number of rotatable bonds is 5. The molecule has 0 bridgehead atoms. The second kappa shape index (κ2) is 8.23. The number of ether oxygens (including phenoxy) is 2. The summed E-state index contributed by atoms with van der Waals surface area (Å²) in [6, 6.07) is 12.2. The van der Waals surface area contributed by atoms with Crippen LogP contribution in [0.1, 0.15) is 22.8 Å². The average molecular weight is 378 g/mol. The Kier molecular flexibility index (Phi) is 6.03. The minimum absolute atomic E-state index is 0.0457. The van der Waals surface area contributed by atoms with E-state index in [4.69, 9.17) is 10.00 Å².